The van der Waals surface area contributed by atoms with E-state index in [1.165, 1.54) is 6.07 Å². The minimum absolute atomic E-state index is 0.280. The van der Waals surface area contributed by atoms with E-state index in [4.69, 9.17) is 10.5 Å². The third-order valence-corrected chi connectivity index (χ3v) is 5.06. The number of alkyl halides is 3. The second-order valence-electron chi connectivity index (χ2n) is 6.96. The molecule has 0 saturated heterocycles. The number of amides is 1. The van der Waals surface area contributed by atoms with Crippen LogP contribution in [-0.4, -0.2) is 17.1 Å². The molecule has 7 heteroatoms. The highest BCUT2D eigenvalue weighted by Gasteiger charge is 2.31. The smallest absolute Gasteiger partial charge is 0.416 e. The molecule has 0 unspecified atom stereocenters. The van der Waals surface area contributed by atoms with Gasteiger partial charge in [0.2, 0.25) is 5.91 Å². The van der Waals surface area contributed by atoms with Gasteiger partial charge in [0.25, 0.3) is 0 Å². The fraction of sp³-hybridized carbons (Fsp3) is 0.174. The van der Waals surface area contributed by atoms with Gasteiger partial charge in [0, 0.05) is 22.9 Å². The Morgan fingerprint density at radius 1 is 1.03 bits per heavy atom. The van der Waals surface area contributed by atoms with Gasteiger partial charge in [-0.15, -0.1) is 0 Å². The molecular weight excluding hydrogens is 393 g/mol. The lowest BCUT2D eigenvalue weighted by atomic mass is 10.0. The average molecular weight is 412 g/mol. The fourth-order valence-corrected chi connectivity index (χ4v) is 3.74. The molecule has 4 rings (SSSR count). The lowest BCUT2D eigenvalue weighted by molar-refractivity contribution is -0.137. The number of rotatable bonds is 5. The summed E-state index contributed by atoms with van der Waals surface area (Å²) < 4.78 is 47.3. The zero-order valence-corrected chi connectivity index (χ0v) is 16.2. The van der Waals surface area contributed by atoms with Crippen molar-refractivity contribution < 1.29 is 22.7 Å². The fourth-order valence-electron chi connectivity index (χ4n) is 3.74. The molecule has 0 radical (unpaired) electrons. The second-order valence-corrected chi connectivity index (χ2v) is 6.96. The summed E-state index contributed by atoms with van der Waals surface area (Å²) in [5.74, 6) is 0.0967. The average Bonchev–Trinajstić information content (AvgIpc) is 3.02. The molecule has 0 fully saturated rings. The molecule has 0 spiro atoms. The highest BCUT2D eigenvalue weighted by Crippen LogP contribution is 2.37. The van der Waals surface area contributed by atoms with Crippen LogP contribution in [0.4, 0.5) is 13.2 Å². The van der Waals surface area contributed by atoms with Crippen molar-refractivity contribution >= 4 is 27.7 Å². The van der Waals surface area contributed by atoms with Crippen LogP contribution in [0.3, 0.4) is 0 Å². The van der Waals surface area contributed by atoms with E-state index in [2.05, 4.69) is 0 Å². The molecule has 0 aliphatic heterocycles. The molecule has 1 aromatic heterocycles. The number of fused-ring (bicyclic) bond motifs is 3. The van der Waals surface area contributed by atoms with Crippen molar-refractivity contribution in [1.82, 2.24) is 4.57 Å². The Balaban J connectivity index is 1.95. The van der Waals surface area contributed by atoms with Crippen LogP contribution in [0.25, 0.3) is 21.8 Å². The summed E-state index contributed by atoms with van der Waals surface area (Å²) in [5, 5.41) is 1.11. The predicted molar refractivity (Wildman–Crippen MR) is 110 cm³/mol. The van der Waals surface area contributed by atoms with E-state index in [9.17, 15) is 18.0 Å². The summed E-state index contributed by atoms with van der Waals surface area (Å²) in [6.07, 6.45) is -4.47. The van der Waals surface area contributed by atoms with Gasteiger partial charge in [-0.1, -0.05) is 24.3 Å². The minimum Gasteiger partial charge on any atom is -0.494 e. The first kappa shape index (κ1) is 19.8. The van der Waals surface area contributed by atoms with Gasteiger partial charge in [-0.3, -0.25) is 4.79 Å². The largest absolute Gasteiger partial charge is 0.494 e. The number of primary amides is 1. The van der Waals surface area contributed by atoms with Crippen molar-refractivity contribution in [3.8, 4) is 5.75 Å². The first-order chi connectivity index (χ1) is 14.3. The number of ether oxygens (including phenoxy) is 1. The lowest BCUT2D eigenvalue weighted by Crippen LogP contribution is -2.11. The maximum Gasteiger partial charge on any atom is 0.416 e. The molecule has 1 heterocycles. The zero-order valence-electron chi connectivity index (χ0n) is 16.2. The Labute approximate surface area is 170 Å². The first-order valence-corrected chi connectivity index (χ1v) is 9.43. The Kier molecular flexibility index (Phi) is 4.89. The molecule has 30 heavy (non-hydrogen) atoms. The van der Waals surface area contributed by atoms with E-state index in [1.807, 2.05) is 31.2 Å². The van der Waals surface area contributed by atoms with Crippen molar-refractivity contribution in [3.05, 3.63) is 77.4 Å². The SMILES string of the molecule is CCOc1ccc(Cn2c3cc(C(F)(F)F)ccc3c3c(C(N)=O)cccc32)cc1. The second kappa shape index (κ2) is 7.40. The normalized spacial score (nSPS) is 11.9. The number of carbonyl (C=O) groups is 1. The number of halogens is 3. The van der Waals surface area contributed by atoms with Crippen molar-refractivity contribution in [2.75, 3.05) is 6.61 Å². The Hall–Kier alpha value is -3.48. The van der Waals surface area contributed by atoms with Gasteiger partial charge in [-0.2, -0.15) is 13.2 Å². The van der Waals surface area contributed by atoms with Crippen molar-refractivity contribution in [1.29, 1.82) is 0 Å². The highest BCUT2D eigenvalue weighted by atomic mass is 19.4. The summed E-state index contributed by atoms with van der Waals surface area (Å²) in [6, 6.07) is 16.0. The summed E-state index contributed by atoms with van der Waals surface area (Å²) in [6.45, 7) is 2.76. The van der Waals surface area contributed by atoms with E-state index < -0.39 is 17.6 Å². The number of hydrogen-bond donors (Lipinski definition) is 1. The molecule has 4 nitrogen and oxygen atoms in total. The number of nitrogens with zero attached hydrogens (tertiary/aromatic N) is 1. The Morgan fingerprint density at radius 3 is 2.40 bits per heavy atom. The molecule has 0 aliphatic rings. The van der Waals surface area contributed by atoms with Crippen LogP contribution in [0.5, 0.6) is 5.75 Å². The number of aromatic nitrogens is 1. The van der Waals surface area contributed by atoms with E-state index in [0.717, 1.165) is 23.4 Å². The zero-order chi connectivity index (χ0) is 21.5. The van der Waals surface area contributed by atoms with Gasteiger partial charge in [0.15, 0.2) is 0 Å². The molecule has 154 valence electrons. The predicted octanol–water partition coefficient (Wildman–Crippen LogP) is 5.36. The van der Waals surface area contributed by atoms with Gasteiger partial charge in [0.05, 0.1) is 23.2 Å². The van der Waals surface area contributed by atoms with Crippen molar-refractivity contribution in [3.63, 3.8) is 0 Å². The van der Waals surface area contributed by atoms with Crippen molar-refractivity contribution in [2.45, 2.75) is 19.6 Å². The van der Waals surface area contributed by atoms with Crippen LogP contribution in [0.2, 0.25) is 0 Å². The van der Waals surface area contributed by atoms with Gasteiger partial charge in [0.1, 0.15) is 5.75 Å². The quantitative estimate of drug-likeness (QED) is 0.480. The molecule has 0 saturated carbocycles. The Morgan fingerprint density at radius 2 is 1.77 bits per heavy atom. The minimum atomic E-state index is -4.47. The van der Waals surface area contributed by atoms with Gasteiger partial charge in [-0.25, -0.2) is 0 Å². The highest BCUT2D eigenvalue weighted by molar-refractivity contribution is 6.18. The number of benzene rings is 3. The third-order valence-electron chi connectivity index (χ3n) is 5.06. The summed E-state index contributed by atoms with van der Waals surface area (Å²) in [5.41, 5.74) is 7.00. The van der Waals surface area contributed by atoms with Gasteiger partial charge < -0.3 is 15.0 Å². The molecule has 0 bridgehead atoms. The number of hydrogen-bond acceptors (Lipinski definition) is 2. The van der Waals surface area contributed by atoms with Crippen LogP contribution in [0.1, 0.15) is 28.4 Å². The maximum absolute atomic E-state index is 13.4. The third kappa shape index (κ3) is 3.47. The van der Waals surface area contributed by atoms with E-state index in [1.54, 1.807) is 22.8 Å². The standard InChI is InChI=1S/C23H19F3N2O2/c1-2-30-16-9-6-14(7-10-16)13-28-19-5-3-4-18(22(27)29)21(19)17-11-8-15(12-20(17)28)23(24,25)26/h3-12H,2,13H2,1H3,(H2,27,29). The molecule has 4 aromatic rings. The monoisotopic (exact) mass is 412 g/mol. The molecule has 3 aromatic carbocycles. The summed E-state index contributed by atoms with van der Waals surface area (Å²) in [4.78, 5) is 12.0. The van der Waals surface area contributed by atoms with E-state index in [-0.39, 0.29) is 5.56 Å². The molecule has 0 atom stereocenters. The molecular formula is C23H19F3N2O2. The first-order valence-electron chi connectivity index (χ1n) is 9.43. The summed E-state index contributed by atoms with van der Waals surface area (Å²) in [7, 11) is 0. The molecule has 2 N–H and O–H groups in total. The van der Waals surface area contributed by atoms with E-state index in [0.29, 0.717) is 35.0 Å². The van der Waals surface area contributed by atoms with E-state index >= 15 is 0 Å². The number of carbonyl (C=O) groups excluding carboxylic acids is 1. The topological polar surface area (TPSA) is 57.2 Å². The lowest BCUT2D eigenvalue weighted by Gasteiger charge is -2.11. The molecule has 1 amide bonds. The van der Waals surface area contributed by atoms with Gasteiger partial charge in [-0.05, 0) is 48.9 Å². The molecule has 0 aliphatic carbocycles. The van der Waals surface area contributed by atoms with Crippen LogP contribution < -0.4 is 10.5 Å². The number of nitrogens with two attached hydrogens (primary N) is 1. The van der Waals surface area contributed by atoms with Crippen LogP contribution in [-0.2, 0) is 12.7 Å². The van der Waals surface area contributed by atoms with Gasteiger partial charge >= 0.3 is 6.18 Å². The maximum atomic E-state index is 13.4. The van der Waals surface area contributed by atoms with Crippen LogP contribution in [0, 0.1) is 0 Å². The Bertz CT molecular complexity index is 1240. The van der Waals surface area contributed by atoms with Crippen molar-refractivity contribution in [2.24, 2.45) is 5.73 Å². The summed E-state index contributed by atoms with van der Waals surface area (Å²) >= 11 is 0. The van der Waals surface area contributed by atoms with Crippen LogP contribution in [0.15, 0.2) is 60.7 Å². The van der Waals surface area contributed by atoms with Crippen LogP contribution >= 0.6 is 0 Å².